The topological polar surface area (TPSA) is 114 Å². The number of carbonyl (C=O) groups excluding carboxylic acids is 4. The molecule has 0 saturated carbocycles. The summed E-state index contributed by atoms with van der Waals surface area (Å²) in [6.07, 6.45) is 5.73. The molecular weight excluding hydrogens is 546 g/mol. The maximum absolute atomic E-state index is 14.3. The van der Waals surface area contributed by atoms with Gasteiger partial charge in [-0.15, -0.1) is 6.42 Å². The second-order valence-electron chi connectivity index (χ2n) is 12.3. The van der Waals surface area contributed by atoms with Gasteiger partial charge in [-0.2, -0.15) is 0 Å². The number of nitrogens with one attached hydrogen (secondary N) is 2. The summed E-state index contributed by atoms with van der Waals surface area (Å²) in [5.74, 6) is 0.861. The van der Waals surface area contributed by atoms with Crippen molar-refractivity contribution in [2.75, 3.05) is 6.54 Å². The van der Waals surface area contributed by atoms with Crippen LogP contribution in [0.15, 0.2) is 54.6 Å². The third kappa shape index (κ3) is 11.1. The van der Waals surface area contributed by atoms with E-state index in [1.807, 2.05) is 37.3 Å². The summed E-state index contributed by atoms with van der Waals surface area (Å²) in [7, 11) is 0. The van der Waals surface area contributed by atoms with Gasteiger partial charge in [-0.1, -0.05) is 61.4 Å². The second kappa shape index (κ2) is 15.2. The summed E-state index contributed by atoms with van der Waals surface area (Å²) >= 11 is 0. The van der Waals surface area contributed by atoms with E-state index < -0.39 is 59.7 Å². The van der Waals surface area contributed by atoms with Crippen molar-refractivity contribution in [1.29, 1.82) is 0 Å². The quantitative estimate of drug-likeness (QED) is 0.283. The van der Waals surface area contributed by atoms with E-state index in [9.17, 15) is 19.2 Å². The van der Waals surface area contributed by atoms with Crippen LogP contribution in [-0.4, -0.2) is 58.6 Å². The van der Waals surface area contributed by atoms with E-state index in [-0.39, 0.29) is 6.42 Å². The number of terminal acetylenes is 1. The van der Waals surface area contributed by atoms with Crippen LogP contribution in [0.4, 0.5) is 4.79 Å². The van der Waals surface area contributed by atoms with Crippen LogP contribution in [0.5, 0.6) is 0 Å². The molecule has 0 heterocycles. The monoisotopic (exact) mass is 591 g/mol. The van der Waals surface area contributed by atoms with Crippen LogP contribution in [0, 0.1) is 12.3 Å². The molecule has 2 N–H and O–H groups in total. The maximum atomic E-state index is 14.3. The van der Waals surface area contributed by atoms with Gasteiger partial charge in [0.05, 0.1) is 0 Å². The zero-order valence-corrected chi connectivity index (χ0v) is 26.5. The number of carbonyl (C=O) groups is 4. The van der Waals surface area contributed by atoms with Crippen LogP contribution in [0.25, 0.3) is 0 Å². The van der Waals surface area contributed by atoms with E-state index in [1.54, 1.807) is 72.7 Å². The third-order valence-electron chi connectivity index (χ3n) is 6.36. The summed E-state index contributed by atoms with van der Waals surface area (Å²) in [5, 5.41) is 5.35. The Morgan fingerprint density at radius 3 is 2.05 bits per heavy atom. The number of ether oxygens (including phenoxy) is 2. The van der Waals surface area contributed by atoms with Gasteiger partial charge in [0.1, 0.15) is 29.8 Å². The molecule has 3 atom stereocenters. The summed E-state index contributed by atoms with van der Waals surface area (Å²) in [6.45, 7) is 13.7. The predicted octanol–water partition coefficient (Wildman–Crippen LogP) is 4.93. The largest absolute Gasteiger partial charge is 0.458 e. The highest BCUT2D eigenvalue weighted by molar-refractivity contribution is 5.93. The van der Waals surface area contributed by atoms with Gasteiger partial charge in [-0.25, -0.2) is 9.59 Å². The molecule has 0 aromatic heterocycles. The fourth-order valence-electron chi connectivity index (χ4n) is 4.35. The van der Waals surface area contributed by atoms with E-state index in [4.69, 9.17) is 15.9 Å². The standard InChI is InChI=1S/C34H45N3O6/c1-10-23(3)37(28(38)22-35-32(41)43-34(7,8)9)29(26-20-16-15-19-25(26)11-2)30(39)36-27(31(40)42-33(4,5)6)21-24-17-13-12-14-18-24/h2,12-20,23,27,29H,10,21-22H2,1,3-9H3,(H,35,41)(H,36,39). The molecule has 9 nitrogen and oxygen atoms in total. The normalized spacial score (nSPS) is 13.5. The summed E-state index contributed by atoms with van der Waals surface area (Å²) in [6, 6.07) is 13.4. The lowest BCUT2D eigenvalue weighted by Gasteiger charge is -2.37. The Morgan fingerprint density at radius 2 is 1.49 bits per heavy atom. The SMILES string of the molecule is C#Cc1ccccc1C(C(=O)NC(Cc1ccccc1)C(=O)OC(C)(C)C)N(C(=O)CNC(=O)OC(C)(C)C)C(C)CC. The molecule has 0 radical (unpaired) electrons. The first kappa shape index (κ1) is 34.9. The van der Waals surface area contributed by atoms with Gasteiger partial charge in [0, 0.05) is 18.0 Å². The van der Waals surface area contributed by atoms with Crippen LogP contribution >= 0.6 is 0 Å². The number of nitrogens with zero attached hydrogens (tertiary/aromatic N) is 1. The Balaban J connectivity index is 2.55. The van der Waals surface area contributed by atoms with Crippen molar-refractivity contribution in [2.45, 2.75) is 97.6 Å². The van der Waals surface area contributed by atoms with Crippen LogP contribution in [0.2, 0.25) is 0 Å². The Kier molecular flexibility index (Phi) is 12.4. The maximum Gasteiger partial charge on any atom is 0.408 e. The first-order valence-electron chi connectivity index (χ1n) is 14.5. The molecule has 2 aromatic carbocycles. The molecule has 3 amide bonds. The van der Waals surface area contributed by atoms with Crippen LogP contribution in [-0.2, 0) is 30.3 Å². The lowest BCUT2D eigenvalue weighted by Crippen LogP contribution is -2.54. The molecule has 0 saturated heterocycles. The molecular formula is C34H45N3O6. The molecule has 43 heavy (non-hydrogen) atoms. The predicted molar refractivity (Wildman–Crippen MR) is 166 cm³/mol. The van der Waals surface area contributed by atoms with E-state index in [2.05, 4.69) is 16.6 Å². The lowest BCUT2D eigenvalue weighted by atomic mass is 9.95. The van der Waals surface area contributed by atoms with Crippen molar-refractivity contribution < 1.29 is 28.7 Å². The number of benzene rings is 2. The van der Waals surface area contributed by atoms with E-state index in [1.165, 1.54) is 4.90 Å². The Bertz CT molecular complexity index is 1300. The highest BCUT2D eigenvalue weighted by Gasteiger charge is 2.38. The highest BCUT2D eigenvalue weighted by Crippen LogP contribution is 2.28. The molecule has 0 bridgehead atoms. The number of hydrogen-bond acceptors (Lipinski definition) is 6. The first-order valence-corrected chi connectivity index (χ1v) is 14.5. The fourth-order valence-corrected chi connectivity index (χ4v) is 4.35. The van der Waals surface area contributed by atoms with Crippen molar-refractivity contribution in [3.63, 3.8) is 0 Å². The van der Waals surface area contributed by atoms with E-state index >= 15 is 0 Å². The summed E-state index contributed by atoms with van der Waals surface area (Å²) < 4.78 is 10.9. The number of esters is 1. The second-order valence-corrected chi connectivity index (χ2v) is 12.3. The molecule has 0 spiro atoms. The number of amides is 3. The van der Waals surface area contributed by atoms with E-state index in [0.29, 0.717) is 17.5 Å². The van der Waals surface area contributed by atoms with Crippen LogP contribution in [0.1, 0.15) is 84.5 Å². The molecule has 3 unspecified atom stereocenters. The average molecular weight is 592 g/mol. The van der Waals surface area contributed by atoms with Gasteiger partial charge in [0.25, 0.3) is 0 Å². The molecule has 0 fully saturated rings. The molecule has 0 aliphatic rings. The van der Waals surface area contributed by atoms with Crippen LogP contribution in [0.3, 0.4) is 0 Å². The summed E-state index contributed by atoms with van der Waals surface area (Å²) in [5.41, 5.74) is 0.0956. The molecule has 2 rings (SSSR count). The molecule has 232 valence electrons. The zero-order valence-electron chi connectivity index (χ0n) is 26.5. The highest BCUT2D eigenvalue weighted by atomic mass is 16.6. The number of alkyl carbamates (subject to hydrolysis) is 1. The van der Waals surface area contributed by atoms with Gasteiger partial charge >= 0.3 is 12.1 Å². The third-order valence-corrected chi connectivity index (χ3v) is 6.36. The van der Waals surface area contributed by atoms with Gasteiger partial charge in [-0.3, -0.25) is 9.59 Å². The van der Waals surface area contributed by atoms with Gasteiger partial charge in [0.15, 0.2) is 0 Å². The van der Waals surface area contributed by atoms with Crippen LogP contribution < -0.4 is 10.6 Å². The molecule has 0 aliphatic heterocycles. The smallest absolute Gasteiger partial charge is 0.408 e. The van der Waals surface area contributed by atoms with Gasteiger partial charge < -0.3 is 25.0 Å². The van der Waals surface area contributed by atoms with Gasteiger partial charge in [-0.05, 0) is 72.1 Å². The first-order chi connectivity index (χ1) is 20.1. The fraction of sp³-hybridized carbons (Fsp3) is 0.471. The molecule has 2 aromatic rings. The number of hydrogen-bond donors (Lipinski definition) is 2. The van der Waals surface area contributed by atoms with Gasteiger partial charge in [0.2, 0.25) is 11.8 Å². The molecule has 0 aliphatic carbocycles. The van der Waals surface area contributed by atoms with Crippen molar-refractivity contribution >= 4 is 23.9 Å². The lowest BCUT2D eigenvalue weighted by molar-refractivity contribution is -0.159. The number of rotatable bonds is 11. The minimum atomic E-state index is -1.21. The molecule has 9 heteroatoms. The van der Waals surface area contributed by atoms with Crippen molar-refractivity contribution in [3.05, 3.63) is 71.3 Å². The van der Waals surface area contributed by atoms with Crippen molar-refractivity contribution in [2.24, 2.45) is 0 Å². The van der Waals surface area contributed by atoms with Crippen molar-refractivity contribution in [1.82, 2.24) is 15.5 Å². The Hall–Kier alpha value is -4.32. The Labute approximate surface area is 255 Å². The van der Waals surface area contributed by atoms with E-state index in [0.717, 1.165) is 5.56 Å². The minimum absolute atomic E-state index is 0.169. The summed E-state index contributed by atoms with van der Waals surface area (Å²) in [4.78, 5) is 55.1. The Morgan fingerprint density at radius 1 is 0.907 bits per heavy atom. The zero-order chi connectivity index (χ0) is 32.4. The van der Waals surface area contributed by atoms with Crippen molar-refractivity contribution in [3.8, 4) is 12.3 Å². The minimum Gasteiger partial charge on any atom is -0.458 e. The average Bonchev–Trinajstić information content (AvgIpc) is 2.92.